The smallest absolute Gasteiger partial charge is 0.333 e. The zero-order chi connectivity index (χ0) is 22.6. The van der Waals surface area contributed by atoms with Crippen LogP contribution in [0.5, 0.6) is 0 Å². The highest BCUT2D eigenvalue weighted by Crippen LogP contribution is 2.26. The van der Waals surface area contributed by atoms with Gasteiger partial charge in [-0.3, -0.25) is 14.4 Å². The molecule has 8 heteroatoms. The Morgan fingerprint density at radius 3 is 2.14 bits per heavy atom. The van der Waals surface area contributed by atoms with Crippen LogP contribution < -0.4 is 0 Å². The summed E-state index contributed by atoms with van der Waals surface area (Å²) < 4.78 is 9.83. The van der Waals surface area contributed by atoms with Gasteiger partial charge < -0.3 is 19.7 Å². The molecule has 0 aliphatic rings. The Balaban J connectivity index is 4.94. The lowest BCUT2D eigenvalue weighted by molar-refractivity contribution is -0.148. The number of Topliss-reactive ketones (excluding diaryl/α,β-unsaturated/α-hetero) is 1. The number of hydrogen-bond donors (Lipinski definition) is 2. The van der Waals surface area contributed by atoms with Gasteiger partial charge >= 0.3 is 17.9 Å². The molecular formula is C21H34O8. The molecule has 2 N–H and O–H groups in total. The number of aliphatic carboxylic acids is 1. The van der Waals surface area contributed by atoms with Gasteiger partial charge in [0.1, 0.15) is 12.4 Å². The molecule has 0 aliphatic carbocycles. The maximum atomic E-state index is 12.7. The molecule has 29 heavy (non-hydrogen) atoms. The minimum absolute atomic E-state index is 0.0119. The predicted octanol–water partition coefficient (Wildman–Crippen LogP) is 2.52. The Morgan fingerprint density at radius 2 is 1.66 bits per heavy atom. The van der Waals surface area contributed by atoms with Crippen LogP contribution in [0, 0.1) is 17.8 Å². The first kappa shape index (κ1) is 26.8. The van der Waals surface area contributed by atoms with Gasteiger partial charge in [0.2, 0.25) is 0 Å². The summed E-state index contributed by atoms with van der Waals surface area (Å²) in [6, 6.07) is 0. The highest BCUT2D eigenvalue weighted by molar-refractivity contribution is 5.87. The molecule has 0 aromatic rings. The lowest BCUT2D eigenvalue weighted by atomic mass is 9.82. The van der Waals surface area contributed by atoms with Gasteiger partial charge in [-0.15, -0.1) is 0 Å². The number of aliphatic hydroxyl groups excluding tert-OH is 1. The first-order valence-electron chi connectivity index (χ1n) is 9.96. The summed E-state index contributed by atoms with van der Waals surface area (Å²) in [5.74, 6) is -4.15. The molecule has 4 atom stereocenters. The quantitative estimate of drug-likeness (QED) is 0.309. The zero-order valence-electron chi connectivity index (χ0n) is 17.8. The van der Waals surface area contributed by atoms with Crippen molar-refractivity contribution in [2.75, 3.05) is 13.2 Å². The molecule has 0 fully saturated rings. The minimum atomic E-state index is -1.02. The van der Waals surface area contributed by atoms with E-state index in [1.54, 1.807) is 20.8 Å². The number of carbonyl (C=O) groups is 4. The van der Waals surface area contributed by atoms with E-state index in [1.807, 2.05) is 0 Å². The summed E-state index contributed by atoms with van der Waals surface area (Å²) in [5, 5.41) is 19.3. The Labute approximate surface area is 172 Å². The van der Waals surface area contributed by atoms with Crippen molar-refractivity contribution < 1.29 is 38.9 Å². The maximum absolute atomic E-state index is 12.7. The second kappa shape index (κ2) is 13.9. The number of esters is 2. The third-order valence-corrected chi connectivity index (χ3v) is 4.67. The first-order chi connectivity index (χ1) is 13.5. The van der Waals surface area contributed by atoms with E-state index in [4.69, 9.17) is 9.47 Å². The molecule has 0 aliphatic heterocycles. The molecule has 0 aromatic carbocycles. The number of hydrogen-bond acceptors (Lipinski definition) is 7. The monoisotopic (exact) mass is 414 g/mol. The Kier molecular flexibility index (Phi) is 12.8. The summed E-state index contributed by atoms with van der Waals surface area (Å²) >= 11 is 0. The van der Waals surface area contributed by atoms with Crippen molar-refractivity contribution in [3.63, 3.8) is 0 Å². The third kappa shape index (κ3) is 10.8. The van der Waals surface area contributed by atoms with Crippen LogP contribution >= 0.6 is 0 Å². The first-order valence-corrected chi connectivity index (χ1v) is 9.96. The molecule has 0 amide bonds. The number of carbonyl (C=O) groups excluding carboxylic acids is 3. The highest BCUT2D eigenvalue weighted by Gasteiger charge is 2.30. The molecular weight excluding hydrogens is 380 g/mol. The second-order valence-corrected chi connectivity index (χ2v) is 7.30. The fourth-order valence-corrected chi connectivity index (χ4v) is 2.84. The highest BCUT2D eigenvalue weighted by atomic mass is 16.5. The van der Waals surface area contributed by atoms with Crippen LogP contribution in [0.2, 0.25) is 0 Å². The van der Waals surface area contributed by atoms with E-state index in [0.29, 0.717) is 6.42 Å². The number of ether oxygens (including phenoxy) is 2. The standard InChI is InChI=1S/C21H34O8/c1-6-15(19(24)25)11-16(10-14(5)21(27)28-7-2)18(23)9-8-17(22)12-29-20(26)13(3)4/h14-17,22H,3,6-12H2,1-2,4-5H3,(H,24,25). The average molecular weight is 414 g/mol. The maximum Gasteiger partial charge on any atom is 0.333 e. The van der Waals surface area contributed by atoms with Crippen LogP contribution in [-0.2, 0) is 28.7 Å². The fourth-order valence-electron chi connectivity index (χ4n) is 2.84. The molecule has 0 bridgehead atoms. The number of carboxylic acids is 1. The van der Waals surface area contributed by atoms with Crippen molar-refractivity contribution in [1.29, 1.82) is 0 Å². The summed E-state index contributed by atoms with van der Waals surface area (Å²) in [4.78, 5) is 47.4. The van der Waals surface area contributed by atoms with E-state index in [1.165, 1.54) is 6.92 Å². The van der Waals surface area contributed by atoms with Gasteiger partial charge in [0.05, 0.1) is 24.5 Å². The molecule has 0 saturated heterocycles. The fraction of sp³-hybridized carbons (Fsp3) is 0.714. The van der Waals surface area contributed by atoms with Gasteiger partial charge in [-0.2, -0.15) is 0 Å². The van der Waals surface area contributed by atoms with Crippen molar-refractivity contribution in [3.8, 4) is 0 Å². The normalized spacial score (nSPS) is 14.9. The van der Waals surface area contributed by atoms with Crippen molar-refractivity contribution in [2.24, 2.45) is 17.8 Å². The van der Waals surface area contributed by atoms with Gasteiger partial charge in [0, 0.05) is 17.9 Å². The van der Waals surface area contributed by atoms with Gasteiger partial charge in [-0.1, -0.05) is 20.4 Å². The van der Waals surface area contributed by atoms with Gasteiger partial charge in [-0.25, -0.2) is 4.79 Å². The van der Waals surface area contributed by atoms with Crippen LogP contribution in [-0.4, -0.2) is 53.2 Å². The number of rotatable bonds is 15. The topological polar surface area (TPSA) is 127 Å². The van der Waals surface area contributed by atoms with Crippen molar-refractivity contribution in [2.45, 2.75) is 65.9 Å². The van der Waals surface area contributed by atoms with Crippen molar-refractivity contribution in [3.05, 3.63) is 12.2 Å². The van der Waals surface area contributed by atoms with E-state index in [-0.39, 0.29) is 50.3 Å². The minimum Gasteiger partial charge on any atom is -0.481 e. The average Bonchev–Trinajstić information content (AvgIpc) is 2.66. The largest absolute Gasteiger partial charge is 0.481 e. The zero-order valence-corrected chi connectivity index (χ0v) is 17.8. The van der Waals surface area contributed by atoms with Crippen molar-refractivity contribution >= 4 is 23.7 Å². The molecule has 4 unspecified atom stereocenters. The number of ketones is 1. The van der Waals surface area contributed by atoms with Crippen LogP contribution in [0.3, 0.4) is 0 Å². The molecule has 0 radical (unpaired) electrons. The lowest BCUT2D eigenvalue weighted by Gasteiger charge is -2.22. The predicted molar refractivity (Wildman–Crippen MR) is 106 cm³/mol. The second-order valence-electron chi connectivity index (χ2n) is 7.30. The summed E-state index contributed by atoms with van der Waals surface area (Å²) in [6.07, 6.45) is -0.297. The van der Waals surface area contributed by atoms with E-state index in [2.05, 4.69) is 6.58 Å². The Hall–Kier alpha value is -2.22. The summed E-state index contributed by atoms with van der Waals surface area (Å²) in [5.41, 5.74) is 0.209. The van der Waals surface area contributed by atoms with E-state index in [9.17, 15) is 29.4 Å². The molecule has 0 heterocycles. The SMILES string of the molecule is C=C(C)C(=O)OCC(O)CCC(=O)C(CC(C)C(=O)OCC)CC(CC)C(=O)O. The van der Waals surface area contributed by atoms with Gasteiger partial charge in [0.15, 0.2) is 0 Å². The molecule has 8 nitrogen and oxygen atoms in total. The van der Waals surface area contributed by atoms with E-state index >= 15 is 0 Å². The van der Waals surface area contributed by atoms with Crippen molar-refractivity contribution in [1.82, 2.24) is 0 Å². The Bertz CT molecular complexity index is 583. The van der Waals surface area contributed by atoms with Gasteiger partial charge in [-0.05, 0) is 39.5 Å². The number of carboxylic acid groups (broad SMARTS) is 1. The van der Waals surface area contributed by atoms with Crippen LogP contribution in [0.4, 0.5) is 0 Å². The third-order valence-electron chi connectivity index (χ3n) is 4.67. The van der Waals surface area contributed by atoms with Crippen LogP contribution in [0.1, 0.15) is 59.8 Å². The summed E-state index contributed by atoms with van der Waals surface area (Å²) in [7, 11) is 0. The van der Waals surface area contributed by atoms with Crippen LogP contribution in [0.25, 0.3) is 0 Å². The Morgan fingerprint density at radius 1 is 1.03 bits per heavy atom. The molecule has 0 spiro atoms. The summed E-state index contributed by atoms with van der Waals surface area (Å²) in [6.45, 7) is 9.96. The van der Waals surface area contributed by atoms with Gasteiger partial charge in [0.25, 0.3) is 0 Å². The van der Waals surface area contributed by atoms with E-state index in [0.717, 1.165) is 0 Å². The molecule has 0 rings (SSSR count). The molecule has 166 valence electrons. The van der Waals surface area contributed by atoms with E-state index < -0.39 is 41.8 Å². The molecule has 0 saturated carbocycles. The molecule has 0 aromatic heterocycles. The number of aliphatic hydroxyl groups is 1. The lowest BCUT2D eigenvalue weighted by Crippen LogP contribution is -2.28. The van der Waals surface area contributed by atoms with Crippen LogP contribution in [0.15, 0.2) is 12.2 Å².